The van der Waals surface area contributed by atoms with Crippen LogP contribution in [-0.4, -0.2) is 29.6 Å². The molecule has 2 unspecified atom stereocenters. The summed E-state index contributed by atoms with van der Waals surface area (Å²) in [6.45, 7) is 1.79. The Hall–Kier alpha value is -2.25. The van der Waals surface area contributed by atoms with E-state index in [2.05, 4.69) is 10.6 Å². The molecule has 0 aliphatic rings. The molecule has 0 radical (unpaired) electrons. The van der Waals surface area contributed by atoms with Gasteiger partial charge < -0.3 is 10.4 Å². The molecule has 0 aliphatic carbocycles. The number of rotatable bonds is 9. The molecule has 0 aliphatic heterocycles. The van der Waals surface area contributed by atoms with Crippen molar-refractivity contribution >= 4 is 23.2 Å². The van der Waals surface area contributed by atoms with Crippen LogP contribution in [0.4, 0.5) is 4.39 Å². The second kappa shape index (κ2) is 9.29. The van der Waals surface area contributed by atoms with Crippen molar-refractivity contribution in [3.63, 3.8) is 0 Å². The van der Waals surface area contributed by atoms with Gasteiger partial charge in [-0.25, -0.2) is 4.39 Å². The standard InChI is InChI=1S/C18H21FN2O3S/c1-2-4-14(18(23)24)20-11-16(22)21-17(15-5-3-10-25-15)12-6-8-13(19)9-7-12/h3,5-10,14,17,20H,2,4,11H2,1H3,(H,21,22)(H,23,24). The van der Waals surface area contributed by atoms with Crippen molar-refractivity contribution in [1.82, 2.24) is 10.6 Å². The molecule has 3 N–H and O–H groups in total. The molecule has 1 heterocycles. The Morgan fingerprint density at radius 3 is 2.52 bits per heavy atom. The fourth-order valence-corrected chi connectivity index (χ4v) is 3.26. The largest absolute Gasteiger partial charge is 0.480 e. The normalized spacial score (nSPS) is 13.2. The molecule has 7 heteroatoms. The highest BCUT2D eigenvalue weighted by Crippen LogP contribution is 2.26. The predicted octanol–water partition coefficient (Wildman–Crippen LogP) is 2.94. The van der Waals surface area contributed by atoms with E-state index in [1.165, 1.54) is 23.5 Å². The van der Waals surface area contributed by atoms with Gasteiger partial charge in [0.2, 0.25) is 5.91 Å². The minimum atomic E-state index is -0.969. The summed E-state index contributed by atoms with van der Waals surface area (Å²) in [6, 6.07) is 8.58. The quantitative estimate of drug-likeness (QED) is 0.639. The van der Waals surface area contributed by atoms with Crippen LogP contribution in [0.5, 0.6) is 0 Å². The maximum atomic E-state index is 13.2. The van der Waals surface area contributed by atoms with E-state index in [0.717, 1.165) is 10.4 Å². The van der Waals surface area contributed by atoms with Crippen molar-refractivity contribution in [2.75, 3.05) is 6.54 Å². The zero-order valence-electron chi connectivity index (χ0n) is 13.9. The molecule has 1 amide bonds. The summed E-state index contributed by atoms with van der Waals surface area (Å²) >= 11 is 1.49. The Morgan fingerprint density at radius 2 is 1.96 bits per heavy atom. The lowest BCUT2D eigenvalue weighted by Gasteiger charge is -2.19. The molecule has 0 fully saturated rings. The highest BCUT2D eigenvalue weighted by Gasteiger charge is 2.20. The molecule has 0 bridgehead atoms. The third kappa shape index (κ3) is 5.65. The number of benzene rings is 1. The maximum absolute atomic E-state index is 13.2. The van der Waals surface area contributed by atoms with E-state index in [0.29, 0.717) is 12.8 Å². The van der Waals surface area contributed by atoms with Gasteiger partial charge in [-0.1, -0.05) is 31.5 Å². The van der Waals surface area contributed by atoms with Crippen molar-refractivity contribution in [3.8, 4) is 0 Å². The predicted molar refractivity (Wildman–Crippen MR) is 95.0 cm³/mol. The van der Waals surface area contributed by atoms with E-state index in [1.54, 1.807) is 12.1 Å². The van der Waals surface area contributed by atoms with Crippen molar-refractivity contribution in [3.05, 3.63) is 58.0 Å². The van der Waals surface area contributed by atoms with Crippen LogP contribution in [0.3, 0.4) is 0 Å². The van der Waals surface area contributed by atoms with Crippen LogP contribution in [0, 0.1) is 5.82 Å². The van der Waals surface area contributed by atoms with Gasteiger partial charge in [0.15, 0.2) is 0 Å². The fourth-order valence-electron chi connectivity index (χ4n) is 2.46. The first-order chi connectivity index (χ1) is 12.0. The molecular weight excluding hydrogens is 343 g/mol. The van der Waals surface area contributed by atoms with E-state index < -0.39 is 18.1 Å². The van der Waals surface area contributed by atoms with Crippen molar-refractivity contribution in [1.29, 1.82) is 0 Å². The van der Waals surface area contributed by atoms with Crippen LogP contribution in [0.1, 0.15) is 36.2 Å². The summed E-state index contributed by atoms with van der Waals surface area (Å²) in [6.07, 6.45) is 1.16. The molecule has 5 nitrogen and oxygen atoms in total. The van der Waals surface area contributed by atoms with Crippen LogP contribution >= 0.6 is 11.3 Å². The van der Waals surface area contributed by atoms with Crippen LogP contribution in [-0.2, 0) is 9.59 Å². The van der Waals surface area contributed by atoms with E-state index in [-0.39, 0.29) is 18.3 Å². The number of hydrogen-bond acceptors (Lipinski definition) is 4. The lowest BCUT2D eigenvalue weighted by molar-refractivity contribution is -0.139. The molecule has 0 saturated heterocycles. The van der Waals surface area contributed by atoms with Gasteiger partial charge in [-0.05, 0) is 35.6 Å². The van der Waals surface area contributed by atoms with Gasteiger partial charge in [0.05, 0.1) is 12.6 Å². The molecule has 1 aromatic carbocycles. The Balaban J connectivity index is 2.05. The minimum absolute atomic E-state index is 0.0972. The highest BCUT2D eigenvalue weighted by molar-refractivity contribution is 7.10. The number of carbonyl (C=O) groups is 2. The van der Waals surface area contributed by atoms with Crippen molar-refractivity contribution < 1.29 is 19.1 Å². The molecule has 134 valence electrons. The van der Waals surface area contributed by atoms with Gasteiger partial charge in [0.1, 0.15) is 11.9 Å². The van der Waals surface area contributed by atoms with Crippen LogP contribution in [0.15, 0.2) is 41.8 Å². The number of thiophene rings is 1. The summed E-state index contributed by atoms with van der Waals surface area (Å²) in [5.74, 6) is -1.63. The number of nitrogens with one attached hydrogen (secondary N) is 2. The van der Waals surface area contributed by atoms with E-state index >= 15 is 0 Å². The third-order valence-corrected chi connectivity index (χ3v) is 4.66. The monoisotopic (exact) mass is 364 g/mol. The number of amides is 1. The summed E-state index contributed by atoms with van der Waals surface area (Å²) in [7, 11) is 0. The molecule has 1 aromatic heterocycles. The minimum Gasteiger partial charge on any atom is -0.480 e. The highest BCUT2D eigenvalue weighted by atomic mass is 32.1. The second-order valence-corrected chi connectivity index (χ2v) is 6.61. The average Bonchev–Trinajstić information content (AvgIpc) is 3.11. The maximum Gasteiger partial charge on any atom is 0.320 e. The Morgan fingerprint density at radius 1 is 1.24 bits per heavy atom. The summed E-state index contributed by atoms with van der Waals surface area (Å²) < 4.78 is 13.2. The first-order valence-corrected chi connectivity index (χ1v) is 8.93. The topological polar surface area (TPSA) is 78.4 Å². The smallest absolute Gasteiger partial charge is 0.320 e. The zero-order valence-corrected chi connectivity index (χ0v) is 14.7. The van der Waals surface area contributed by atoms with Crippen molar-refractivity contribution in [2.45, 2.75) is 31.8 Å². The van der Waals surface area contributed by atoms with Crippen LogP contribution in [0.25, 0.3) is 0 Å². The molecule has 0 saturated carbocycles. The molecule has 2 rings (SSSR count). The van der Waals surface area contributed by atoms with Gasteiger partial charge in [-0.3, -0.25) is 14.9 Å². The van der Waals surface area contributed by atoms with Crippen LogP contribution < -0.4 is 10.6 Å². The fraction of sp³-hybridized carbons (Fsp3) is 0.333. The number of hydrogen-bond donors (Lipinski definition) is 3. The summed E-state index contributed by atoms with van der Waals surface area (Å²) in [5, 5.41) is 16.7. The molecule has 2 atom stereocenters. The van der Waals surface area contributed by atoms with Gasteiger partial charge in [-0.15, -0.1) is 11.3 Å². The Bertz CT molecular complexity index is 689. The summed E-state index contributed by atoms with van der Waals surface area (Å²) in [5.41, 5.74) is 0.764. The van der Waals surface area contributed by atoms with Gasteiger partial charge in [0.25, 0.3) is 0 Å². The first kappa shape index (κ1) is 19.1. The van der Waals surface area contributed by atoms with Gasteiger partial charge in [0, 0.05) is 4.88 Å². The molecular formula is C18H21FN2O3S. The number of carboxylic acid groups (broad SMARTS) is 1. The van der Waals surface area contributed by atoms with Gasteiger partial charge >= 0.3 is 5.97 Å². The number of carboxylic acids is 1. The van der Waals surface area contributed by atoms with E-state index in [1.807, 2.05) is 24.4 Å². The molecule has 2 aromatic rings. The lowest BCUT2D eigenvalue weighted by Crippen LogP contribution is -2.43. The van der Waals surface area contributed by atoms with Gasteiger partial charge in [-0.2, -0.15) is 0 Å². The second-order valence-electron chi connectivity index (χ2n) is 5.63. The number of carbonyl (C=O) groups excluding carboxylic acids is 1. The number of aliphatic carboxylic acids is 1. The molecule has 25 heavy (non-hydrogen) atoms. The SMILES string of the molecule is CCCC(NCC(=O)NC(c1ccc(F)cc1)c1cccs1)C(=O)O. The molecule has 0 spiro atoms. The lowest BCUT2D eigenvalue weighted by atomic mass is 10.1. The number of halogens is 1. The Labute approximate surface area is 149 Å². The zero-order chi connectivity index (χ0) is 18.2. The van der Waals surface area contributed by atoms with Crippen LogP contribution in [0.2, 0.25) is 0 Å². The van der Waals surface area contributed by atoms with E-state index in [4.69, 9.17) is 5.11 Å². The first-order valence-electron chi connectivity index (χ1n) is 8.05. The average molecular weight is 364 g/mol. The summed E-state index contributed by atoms with van der Waals surface area (Å²) in [4.78, 5) is 24.3. The Kier molecular flexibility index (Phi) is 7.09. The third-order valence-electron chi connectivity index (χ3n) is 3.72. The van der Waals surface area contributed by atoms with Crippen molar-refractivity contribution in [2.24, 2.45) is 0 Å². The van der Waals surface area contributed by atoms with E-state index in [9.17, 15) is 14.0 Å².